The monoisotopic (exact) mass is 156 g/mol. The van der Waals surface area contributed by atoms with E-state index in [0.29, 0.717) is 11.5 Å². The van der Waals surface area contributed by atoms with Crippen molar-refractivity contribution < 1.29 is 4.74 Å². The molecule has 1 saturated carbocycles. The standard InChI is InChI=1S/C10H20O/c1-5-6-8-7-9(11-4)10(8,2)3/h8-9H,5-7H2,1-4H3. The fourth-order valence-corrected chi connectivity index (χ4v) is 2.21. The molecule has 2 atom stereocenters. The van der Waals surface area contributed by atoms with Crippen molar-refractivity contribution in [3.63, 3.8) is 0 Å². The molecule has 0 spiro atoms. The molecule has 1 nitrogen and oxygen atoms in total. The Bertz CT molecular complexity index is 129. The lowest BCUT2D eigenvalue weighted by Crippen LogP contribution is -2.50. The first kappa shape index (κ1) is 9.05. The number of hydrogen-bond donors (Lipinski definition) is 0. The van der Waals surface area contributed by atoms with Crippen LogP contribution in [-0.2, 0) is 4.74 Å². The summed E-state index contributed by atoms with van der Waals surface area (Å²) in [5, 5.41) is 0. The van der Waals surface area contributed by atoms with Gasteiger partial charge in [-0.05, 0) is 17.8 Å². The van der Waals surface area contributed by atoms with Gasteiger partial charge in [-0.1, -0.05) is 33.6 Å². The van der Waals surface area contributed by atoms with Crippen LogP contribution in [0.2, 0.25) is 0 Å². The SMILES string of the molecule is CCCC1CC(OC)C1(C)C. The second kappa shape index (κ2) is 3.14. The third-order valence-electron chi connectivity index (χ3n) is 3.30. The maximum Gasteiger partial charge on any atom is 0.0627 e. The van der Waals surface area contributed by atoms with Gasteiger partial charge in [0, 0.05) is 7.11 Å². The third-order valence-corrected chi connectivity index (χ3v) is 3.30. The molecule has 1 aliphatic carbocycles. The summed E-state index contributed by atoms with van der Waals surface area (Å²) >= 11 is 0. The van der Waals surface area contributed by atoms with Crippen LogP contribution in [0.5, 0.6) is 0 Å². The molecule has 0 aromatic heterocycles. The van der Waals surface area contributed by atoms with Crippen LogP contribution in [0, 0.1) is 11.3 Å². The van der Waals surface area contributed by atoms with Crippen molar-refractivity contribution in [2.24, 2.45) is 11.3 Å². The minimum Gasteiger partial charge on any atom is -0.381 e. The van der Waals surface area contributed by atoms with Gasteiger partial charge >= 0.3 is 0 Å². The molecule has 2 unspecified atom stereocenters. The molecule has 1 rings (SSSR count). The van der Waals surface area contributed by atoms with Gasteiger partial charge < -0.3 is 4.74 Å². The van der Waals surface area contributed by atoms with E-state index in [1.54, 1.807) is 0 Å². The zero-order valence-electron chi connectivity index (χ0n) is 8.18. The van der Waals surface area contributed by atoms with Crippen LogP contribution in [0.3, 0.4) is 0 Å². The Morgan fingerprint density at radius 3 is 2.45 bits per heavy atom. The highest BCUT2D eigenvalue weighted by molar-refractivity contribution is 4.97. The molecule has 0 N–H and O–H groups in total. The lowest BCUT2D eigenvalue weighted by Gasteiger charge is -2.51. The minimum atomic E-state index is 0.435. The number of hydrogen-bond acceptors (Lipinski definition) is 1. The summed E-state index contributed by atoms with van der Waals surface area (Å²) in [7, 11) is 1.83. The first-order valence-corrected chi connectivity index (χ1v) is 4.65. The van der Waals surface area contributed by atoms with Crippen LogP contribution in [0.25, 0.3) is 0 Å². The smallest absolute Gasteiger partial charge is 0.0627 e. The lowest BCUT2D eigenvalue weighted by atomic mass is 9.58. The summed E-state index contributed by atoms with van der Waals surface area (Å²) in [6, 6.07) is 0. The van der Waals surface area contributed by atoms with E-state index in [2.05, 4.69) is 20.8 Å². The summed E-state index contributed by atoms with van der Waals surface area (Å²) in [6.45, 7) is 6.91. The fourth-order valence-electron chi connectivity index (χ4n) is 2.21. The Morgan fingerprint density at radius 1 is 1.45 bits per heavy atom. The molecule has 1 aliphatic rings. The van der Waals surface area contributed by atoms with E-state index in [1.165, 1.54) is 19.3 Å². The van der Waals surface area contributed by atoms with Crippen molar-refractivity contribution in [3.05, 3.63) is 0 Å². The summed E-state index contributed by atoms with van der Waals surface area (Å²) in [4.78, 5) is 0. The van der Waals surface area contributed by atoms with Crippen molar-refractivity contribution >= 4 is 0 Å². The average molecular weight is 156 g/mol. The zero-order valence-corrected chi connectivity index (χ0v) is 8.18. The van der Waals surface area contributed by atoms with E-state index < -0.39 is 0 Å². The summed E-state index contributed by atoms with van der Waals surface area (Å²) in [5.74, 6) is 0.900. The van der Waals surface area contributed by atoms with Crippen molar-refractivity contribution in [1.29, 1.82) is 0 Å². The van der Waals surface area contributed by atoms with Crippen molar-refractivity contribution in [2.45, 2.75) is 46.1 Å². The predicted octanol–water partition coefficient (Wildman–Crippen LogP) is 2.85. The van der Waals surface area contributed by atoms with Gasteiger partial charge in [0.05, 0.1) is 6.10 Å². The molecule has 1 fully saturated rings. The molecule has 0 heterocycles. The Kier molecular flexibility index (Phi) is 2.58. The molecule has 1 heteroatoms. The first-order valence-electron chi connectivity index (χ1n) is 4.65. The van der Waals surface area contributed by atoms with E-state index in [0.717, 1.165) is 5.92 Å². The van der Waals surface area contributed by atoms with E-state index in [9.17, 15) is 0 Å². The molecule has 0 aromatic rings. The molecule has 66 valence electrons. The topological polar surface area (TPSA) is 9.23 Å². The Balaban J connectivity index is 2.40. The van der Waals surface area contributed by atoms with Crippen LogP contribution < -0.4 is 0 Å². The van der Waals surface area contributed by atoms with E-state index in [1.807, 2.05) is 7.11 Å². The Morgan fingerprint density at radius 2 is 2.09 bits per heavy atom. The number of methoxy groups -OCH3 is 1. The van der Waals surface area contributed by atoms with Gasteiger partial charge in [-0.3, -0.25) is 0 Å². The zero-order chi connectivity index (χ0) is 8.48. The molecule has 0 aliphatic heterocycles. The molecular weight excluding hydrogens is 136 g/mol. The number of rotatable bonds is 3. The van der Waals surface area contributed by atoms with Crippen LogP contribution in [0.4, 0.5) is 0 Å². The average Bonchev–Trinajstić information content (AvgIpc) is 1.97. The molecule has 0 bridgehead atoms. The van der Waals surface area contributed by atoms with Gasteiger partial charge in [0.15, 0.2) is 0 Å². The third kappa shape index (κ3) is 1.44. The summed E-state index contributed by atoms with van der Waals surface area (Å²) < 4.78 is 5.38. The first-order chi connectivity index (χ1) is 5.12. The quantitative estimate of drug-likeness (QED) is 0.610. The second-order valence-corrected chi connectivity index (χ2v) is 4.27. The molecule has 0 amide bonds. The van der Waals surface area contributed by atoms with Crippen LogP contribution in [-0.4, -0.2) is 13.2 Å². The Hall–Kier alpha value is -0.0400. The van der Waals surface area contributed by atoms with E-state index in [-0.39, 0.29) is 0 Å². The van der Waals surface area contributed by atoms with Crippen LogP contribution in [0.15, 0.2) is 0 Å². The van der Waals surface area contributed by atoms with Crippen molar-refractivity contribution in [1.82, 2.24) is 0 Å². The van der Waals surface area contributed by atoms with Gasteiger partial charge in [0.1, 0.15) is 0 Å². The van der Waals surface area contributed by atoms with Crippen molar-refractivity contribution in [2.75, 3.05) is 7.11 Å². The van der Waals surface area contributed by atoms with Crippen molar-refractivity contribution in [3.8, 4) is 0 Å². The van der Waals surface area contributed by atoms with Gasteiger partial charge in [0.2, 0.25) is 0 Å². The molecule has 0 saturated heterocycles. The van der Waals surface area contributed by atoms with Gasteiger partial charge in [0.25, 0.3) is 0 Å². The maximum atomic E-state index is 5.38. The van der Waals surface area contributed by atoms with Gasteiger partial charge in [-0.15, -0.1) is 0 Å². The Labute approximate surface area is 70.1 Å². The summed E-state index contributed by atoms with van der Waals surface area (Å²) in [5.41, 5.74) is 0.435. The van der Waals surface area contributed by atoms with Crippen LogP contribution >= 0.6 is 0 Å². The maximum absolute atomic E-state index is 5.38. The normalized spacial score (nSPS) is 34.9. The van der Waals surface area contributed by atoms with E-state index in [4.69, 9.17) is 4.74 Å². The highest BCUT2D eigenvalue weighted by Crippen LogP contribution is 2.49. The highest BCUT2D eigenvalue weighted by atomic mass is 16.5. The molecule has 11 heavy (non-hydrogen) atoms. The molecular formula is C10H20O. The molecule has 0 aromatic carbocycles. The van der Waals surface area contributed by atoms with Crippen LogP contribution in [0.1, 0.15) is 40.0 Å². The highest BCUT2D eigenvalue weighted by Gasteiger charge is 2.47. The number of ether oxygens (including phenoxy) is 1. The largest absolute Gasteiger partial charge is 0.381 e. The predicted molar refractivity (Wildman–Crippen MR) is 47.6 cm³/mol. The van der Waals surface area contributed by atoms with Gasteiger partial charge in [-0.25, -0.2) is 0 Å². The lowest BCUT2D eigenvalue weighted by molar-refractivity contribution is -0.123. The second-order valence-electron chi connectivity index (χ2n) is 4.27. The summed E-state index contributed by atoms with van der Waals surface area (Å²) in [6.07, 6.45) is 4.47. The minimum absolute atomic E-state index is 0.435. The molecule has 0 radical (unpaired) electrons. The fraction of sp³-hybridized carbons (Fsp3) is 1.00. The van der Waals surface area contributed by atoms with Gasteiger partial charge in [-0.2, -0.15) is 0 Å². The van der Waals surface area contributed by atoms with E-state index >= 15 is 0 Å².